The van der Waals surface area contributed by atoms with E-state index in [2.05, 4.69) is 14.8 Å². The molecular weight excluding hydrogens is 237 g/mol. The molecule has 0 bridgehead atoms. The second kappa shape index (κ2) is 6.30. The lowest BCUT2D eigenvalue weighted by atomic mass is 10.4. The monoisotopic (exact) mass is 251 g/mol. The van der Waals surface area contributed by atoms with Gasteiger partial charge in [0.15, 0.2) is 0 Å². The van der Waals surface area contributed by atoms with Crippen LogP contribution in [0, 0.1) is 0 Å². The predicted molar refractivity (Wildman–Crippen MR) is 56.3 cm³/mol. The maximum Gasteiger partial charge on any atom is 0.411 e. The van der Waals surface area contributed by atoms with Gasteiger partial charge in [0.2, 0.25) is 7.37 Å². The molecule has 16 heavy (non-hydrogen) atoms. The predicted octanol–water partition coefficient (Wildman–Crippen LogP) is 0.299. The van der Waals surface area contributed by atoms with Crippen LogP contribution in [0.2, 0.25) is 0 Å². The molecule has 0 saturated carbocycles. The van der Waals surface area contributed by atoms with E-state index in [0.29, 0.717) is 0 Å². The second-order valence-corrected chi connectivity index (χ2v) is 5.43. The van der Waals surface area contributed by atoms with Crippen LogP contribution in [-0.4, -0.2) is 44.0 Å². The summed E-state index contributed by atoms with van der Waals surface area (Å²) in [6, 6.07) is 0. The fourth-order valence-electron chi connectivity index (χ4n) is 0.717. The normalized spacial score (nSPS) is 14.9. The lowest BCUT2D eigenvalue weighted by Gasteiger charge is -2.07. The van der Waals surface area contributed by atoms with Crippen LogP contribution in [0.25, 0.3) is 0 Å². The Morgan fingerprint density at radius 2 is 1.94 bits per heavy atom. The Morgan fingerprint density at radius 1 is 1.38 bits per heavy atom. The zero-order chi connectivity index (χ0) is 12.8. The fraction of sp³-hybridized carbons (Fsp3) is 0.500. The van der Waals surface area contributed by atoms with Gasteiger partial charge >= 0.3 is 12.1 Å². The van der Waals surface area contributed by atoms with Gasteiger partial charge in [-0.1, -0.05) is 0 Å². The number of nitrogens with one attached hydrogen (secondary N) is 1. The molecule has 8 heteroatoms. The molecule has 0 spiro atoms. The van der Waals surface area contributed by atoms with E-state index in [4.69, 9.17) is 4.89 Å². The average molecular weight is 251 g/mol. The zero-order valence-corrected chi connectivity index (χ0v) is 10.1. The number of esters is 1. The highest BCUT2D eigenvalue weighted by molar-refractivity contribution is 7.57. The van der Waals surface area contributed by atoms with Crippen molar-refractivity contribution in [2.45, 2.75) is 0 Å². The molecule has 0 heterocycles. The van der Waals surface area contributed by atoms with Gasteiger partial charge in [-0.15, -0.1) is 0 Å². The van der Waals surface area contributed by atoms with Crippen molar-refractivity contribution < 1.29 is 28.5 Å². The van der Waals surface area contributed by atoms with Crippen molar-refractivity contribution in [1.29, 1.82) is 0 Å². The molecule has 92 valence electrons. The van der Waals surface area contributed by atoms with Gasteiger partial charge in [-0.25, -0.2) is 9.59 Å². The van der Waals surface area contributed by atoms with Crippen molar-refractivity contribution in [3.05, 3.63) is 11.8 Å². The molecule has 0 saturated heterocycles. The minimum atomic E-state index is -3.30. The van der Waals surface area contributed by atoms with Gasteiger partial charge in [0.1, 0.15) is 5.70 Å². The van der Waals surface area contributed by atoms with Crippen molar-refractivity contribution in [3.63, 3.8) is 0 Å². The van der Waals surface area contributed by atoms with E-state index in [0.717, 1.165) is 27.0 Å². The summed E-state index contributed by atoms with van der Waals surface area (Å²) >= 11 is 0. The number of carbonyl (C=O) groups excluding carboxylic acids is 2. The average Bonchev–Trinajstić information content (AvgIpc) is 2.21. The van der Waals surface area contributed by atoms with Gasteiger partial charge in [-0.3, -0.25) is 9.88 Å². The number of hydrogen-bond acceptors (Lipinski definition) is 5. The van der Waals surface area contributed by atoms with E-state index in [1.807, 2.05) is 0 Å². The Labute approximate surface area is 92.9 Å². The van der Waals surface area contributed by atoms with Gasteiger partial charge in [0.05, 0.1) is 14.2 Å². The molecule has 7 nitrogen and oxygen atoms in total. The highest BCUT2D eigenvalue weighted by Gasteiger charge is 2.15. The topological polar surface area (TPSA) is 102 Å². The summed E-state index contributed by atoms with van der Waals surface area (Å²) in [7, 11) is -1.05. The van der Waals surface area contributed by atoms with Crippen molar-refractivity contribution in [2.75, 3.05) is 27.0 Å². The summed E-state index contributed by atoms with van der Waals surface area (Å²) in [4.78, 5) is 31.0. The molecule has 0 aliphatic heterocycles. The number of hydrogen-bond donors (Lipinski definition) is 2. The third-order valence-electron chi connectivity index (χ3n) is 1.46. The molecule has 1 amide bonds. The first kappa shape index (κ1) is 14.7. The summed E-state index contributed by atoms with van der Waals surface area (Å²) in [6.45, 7) is 1.14. The maximum atomic E-state index is 11.1. The van der Waals surface area contributed by atoms with Crippen LogP contribution in [0.5, 0.6) is 0 Å². The molecular formula is C8H14NO6P. The Kier molecular flexibility index (Phi) is 5.77. The highest BCUT2D eigenvalue weighted by atomic mass is 31.2. The Hall–Kier alpha value is -1.33. The van der Waals surface area contributed by atoms with E-state index in [1.165, 1.54) is 0 Å². The van der Waals surface area contributed by atoms with Crippen LogP contribution in [-0.2, 0) is 18.8 Å². The Balaban J connectivity index is 4.74. The molecule has 1 unspecified atom stereocenters. The Morgan fingerprint density at radius 3 is 2.31 bits per heavy atom. The van der Waals surface area contributed by atoms with Crippen LogP contribution in [0.4, 0.5) is 4.79 Å². The Bertz CT molecular complexity index is 344. The minimum absolute atomic E-state index is 0.231. The number of allylic oxidation sites excluding steroid dienone is 1. The summed E-state index contributed by atoms with van der Waals surface area (Å²) < 4.78 is 19.7. The quantitative estimate of drug-likeness (QED) is 0.423. The molecule has 2 N–H and O–H groups in total. The molecule has 0 aliphatic rings. The van der Waals surface area contributed by atoms with Crippen LogP contribution in [0.15, 0.2) is 11.8 Å². The molecule has 0 radical (unpaired) electrons. The molecule has 1 atom stereocenters. The lowest BCUT2D eigenvalue weighted by Crippen LogP contribution is -2.28. The molecule has 0 rings (SSSR count). The largest absolute Gasteiger partial charge is 0.464 e. The first-order valence-electron chi connectivity index (χ1n) is 4.23. The van der Waals surface area contributed by atoms with E-state index in [1.54, 1.807) is 0 Å². The van der Waals surface area contributed by atoms with Crippen molar-refractivity contribution in [3.8, 4) is 0 Å². The first-order chi connectivity index (χ1) is 7.30. The van der Waals surface area contributed by atoms with Crippen LogP contribution >= 0.6 is 7.37 Å². The summed E-state index contributed by atoms with van der Waals surface area (Å²) in [5.74, 6) is -0.821. The van der Waals surface area contributed by atoms with Crippen LogP contribution in [0.3, 0.4) is 0 Å². The molecule has 0 aromatic carbocycles. The van der Waals surface area contributed by atoms with Gasteiger partial charge in [0, 0.05) is 12.8 Å². The summed E-state index contributed by atoms with van der Waals surface area (Å²) in [6.07, 6.45) is 0.00541. The molecule has 0 aromatic heterocycles. The number of methoxy groups -OCH3 is 2. The third kappa shape index (κ3) is 6.21. The number of ether oxygens (including phenoxy) is 2. The number of amides is 1. The SMILES string of the molecule is COC(=O)N/C(=C\CP(C)(=O)O)C(=O)OC. The van der Waals surface area contributed by atoms with Gasteiger partial charge in [-0.05, 0) is 6.08 Å². The lowest BCUT2D eigenvalue weighted by molar-refractivity contribution is -0.136. The number of alkyl carbamates (subject to hydrolysis) is 1. The van der Waals surface area contributed by atoms with Crippen LogP contribution < -0.4 is 5.32 Å². The summed E-state index contributed by atoms with van der Waals surface area (Å²) in [5, 5.41) is 2.08. The fourth-order valence-corrected chi connectivity index (χ4v) is 1.24. The molecule has 0 fully saturated rings. The second-order valence-electron chi connectivity index (χ2n) is 2.96. The van der Waals surface area contributed by atoms with E-state index in [9.17, 15) is 14.2 Å². The van der Waals surface area contributed by atoms with Crippen molar-refractivity contribution >= 4 is 19.4 Å². The van der Waals surface area contributed by atoms with Crippen molar-refractivity contribution in [2.24, 2.45) is 0 Å². The smallest absolute Gasteiger partial charge is 0.411 e. The maximum absolute atomic E-state index is 11.1. The summed E-state index contributed by atoms with van der Waals surface area (Å²) in [5.41, 5.74) is -0.231. The standard InChI is InChI=1S/C8H14NO6P/c1-14-7(10)6(9-8(11)15-2)4-5-16(3,12)13/h4H,5H2,1-3H3,(H,9,11)(H,12,13)/b6-4-. The van der Waals surface area contributed by atoms with E-state index >= 15 is 0 Å². The minimum Gasteiger partial charge on any atom is -0.464 e. The highest BCUT2D eigenvalue weighted by Crippen LogP contribution is 2.34. The third-order valence-corrected chi connectivity index (χ3v) is 2.32. The first-order valence-corrected chi connectivity index (χ1v) is 6.52. The number of rotatable bonds is 4. The van der Waals surface area contributed by atoms with Crippen LogP contribution in [0.1, 0.15) is 0 Å². The molecule has 0 aromatic rings. The van der Waals surface area contributed by atoms with Gasteiger partial charge < -0.3 is 14.4 Å². The molecule has 0 aliphatic carbocycles. The van der Waals surface area contributed by atoms with E-state index in [-0.39, 0.29) is 11.9 Å². The van der Waals surface area contributed by atoms with Crippen molar-refractivity contribution in [1.82, 2.24) is 5.32 Å². The van der Waals surface area contributed by atoms with Gasteiger partial charge in [-0.2, -0.15) is 0 Å². The number of carbonyl (C=O) groups is 2. The zero-order valence-electron chi connectivity index (χ0n) is 9.22. The van der Waals surface area contributed by atoms with E-state index < -0.39 is 19.4 Å². The van der Waals surface area contributed by atoms with Gasteiger partial charge in [0.25, 0.3) is 0 Å².